The summed E-state index contributed by atoms with van der Waals surface area (Å²) >= 11 is 1.70. The van der Waals surface area contributed by atoms with Crippen molar-refractivity contribution in [1.29, 1.82) is 0 Å². The van der Waals surface area contributed by atoms with Gasteiger partial charge in [0.05, 0.1) is 16.8 Å². The van der Waals surface area contributed by atoms with E-state index >= 15 is 0 Å². The number of likely N-dealkylation sites (tertiary alicyclic amines) is 1. The number of ether oxygens (including phenoxy) is 2. The van der Waals surface area contributed by atoms with Crippen molar-refractivity contribution in [2.45, 2.75) is 48.4 Å². The molecule has 1 N–H and O–H groups in total. The van der Waals surface area contributed by atoms with Gasteiger partial charge in [0.15, 0.2) is 0 Å². The first-order valence-corrected chi connectivity index (χ1v) is 15.0. The fourth-order valence-corrected chi connectivity index (χ4v) is 8.31. The average molecular weight is 504 g/mol. The van der Waals surface area contributed by atoms with Crippen LogP contribution in [0.15, 0.2) is 47.4 Å². The number of hydrogen-bond acceptors (Lipinski definition) is 7. The van der Waals surface area contributed by atoms with Crippen molar-refractivity contribution in [3.8, 4) is 17.2 Å². The van der Waals surface area contributed by atoms with Crippen molar-refractivity contribution in [3.05, 3.63) is 48.0 Å². The summed E-state index contributed by atoms with van der Waals surface area (Å²) in [6, 6.07) is 13.2. The van der Waals surface area contributed by atoms with Gasteiger partial charge in [0.25, 0.3) is 0 Å². The highest BCUT2D eigenvalue weighted by molar-refractivity contribution is 8.00. The van der Waals surface area contributed by atoms with Gasteiger partial charge in [-0.05, 0) is 81.1 Å². The highest BCUT2D eigenvalue weighted by Crippen LogP contribution is 2.52. The predicted molar refractivity (Wildman–Crippen MR) is 135 cm³/mol. The molecule has 0 saturated carbocycles. The molecular weight excluding hydrogens is 470 g/mol. The maximum Gasteiger partial charge on any atom is 0.150 e. The molecule has 2 atom stereocenters. The van der Waals surface area contributed by atoms with Gasteiger partial charge >= 0.3 is 0 Å². The molecule has 0 bridgehead atoms. The molecule has 6 nitrogen and oxygen atoms in total. The Morgan fingerprint density at radius 3 is 2.41 bits per heavy atom. The minimum Gasteiger partial charge on any atom is -0.508 e. The maximum absolute atomic E-state index is 12.0. The van der Waals surface area contributed by atoms with Gasteiger partial charge < -0.3 is 14.6 Å². The van der Waals surface area contributed by atoms with Gasteiger partial charge in [-0.15, -0.1) is 11.8 Å². The zero-order chi connectivity index (χ0) is 23.5. The molecule has 2 aromatic carbocycles. The van der Waals surface area contributed by atoms with Crippen LogP contribution in [0.2, 0.25) is 0 Å². The molecule has 0 aromatic heterocycles. The molecule has 3 aliphatic rings. The van der Waals surface area contributed by atoms with Gasteiger partial charge in [0.2, 0.25) is 0 Å². The summed E-state index contributed by atoms with van der Waals surface area (Å²) in [5.74, 6) is 2.58. The van der Waals surface area contributed by atoms with E-state index in [1.54, 1.807) is 23.9 Å². The van der Waals surface area contributed by atoms with Crippen molar-refractivity contribution in [2.75, 3.05) is 37.7 Å². The van der Waals surface area contributed by atoms with E-state index in [1.807, 2.05) is 30.3 Å². The van der Waals surface area contributed by atoms with Crippen LogP contribution in [-0.2, 0) is 9.84 Å². The summed E-state index contributed by atoms with van der Waals surface area (Å²) in [6.07, 6.45) is 5.03. The lowest BCUT2D eigenvalue weighted by atomic mass is 9.92. The molecular formula is C26H33NO5S2. The molecule has 0 spiro atoms. The number of piperidine rings is 1. The van der Waals surface area contributed by atoms with E-state index < -0.39 is 9.84 Å². The SMILES string of the molecule is O=S1(=O)CCC(C2Sc3cc(O)ccc3C2Oc2ccc(OCCN3CCCCC3)cc2)CC1. The van der Waals surface area contributed by atoms with Crippen molar-refractivity contribution < 1.29 is 23.0 Å². The van der Waals surface area contributed by atoms with Crippen LogP contribution in [-0.4, -0.2) is 61.4 Å². The highest BCUT2D eigenvalue weighted by atomic mass is 32.2. The standard InChI is InChI=1S/C26H33NO5S2/c28-20-4-9-23-24(18-20)33-26(19-10-16-34(29,30)17-11-19)25(23)32-22-7-5-21(6-8-22)31-15-14-27-12-2-1-3-13-27/h4-9,18-19,25-26,28H,1-3,10-17H2. The first-order chi connectivity index (χ1) is 16.5. The predicted octanol–water partition coefficient (Wildman–Crippen LogP) is 4.68. The summed E-state index contributed by atoms with van der Waals surface area (Å²) in [4.78, 5) is 3.48. The fourth-order valence-electron chi connectivity index (χ4n) is 5.19. The third-order valence-corrected chi connectivity index (χ3v) is 10.4. The van der Waals surface area contributed by atoms with Gasteiger partial charge in [-0.1, -0.05) is 12.5 Å². The molecule has 34 heavy (non-hydrogen) atoms. The van der Waals surface area contributed by atoms with Crippen LogP contribution >= 0.6 is 11.8 Å². The third kappa shape index (κ3) is 5.66. The molecule has 2 aromatic rings. The Kier molecular flexibility index (Phi) is 7.27. The van der Waals surface area contributed by atoms with E-state index in [2.05, 4.69) is 4.90 Å². The number of sulfone groups is 1. The largest absolute Gasteiger partial charge is 0.508 e. The lowest BCUT2D eigenvalue weighted by molar-refractivity contribution is 0.175. The Morgan fingerprint density at radius 2 is 1.68 bits per heavy atom. The molecule has 2 saturated heterocycles. The Labute approximate surface area is 206 Å². The van der Waals surface area contributed by atoms with Gasteiger partial charge in [-0.2, -0.15) is 0 Å². The Morgan fingerprint density at radius 1 is 0.971 bits per heavy atom. The average Bonchev–Trinajstić information content (AvgIpc) is 3.18. The number of rotatable bonds is 7. The van der Waals surface area contributed by atoms with Crippen molar-refractivity contribution >= 4 is 21.6 Å². The molecule has 184 valence electrons. The number of aromatic hydroxyl groups is 1. The van der Waals surface area contributed by atoms with Crippen LogP contribution in [0.4, 0.5) is 0 Å². The summed E-state index contributed by atoms with van der Waals surface area (Å²) in [6.45, 7) is 3.98. The van der Waals surface area contributed by atoms with E-state index in [0.29, 0.717) is 19.4 Å². The van der Waals surface area contributed by atoms with Crippen LogP contribution < -0.4 is 9.47 Å². The normalized spacial score (nSPS) is 25.1. The molecule has 3 aliphatic heterocycles. The van der Waals surface area contributed by atoms with Crippen molar-refractivity contribution in [3.63, 3.8) is 0 Å². The molecule has 0 radical (unpaired) electrons. The number of thioether (sulfide) groups is 1. The monoisotopic (exact) mass is 503 g/mol. The van der Waals surface area contributed by atoms with Gasteiger partial charge in [-0.25, -0.2) is 8.42 Å². The number of benzene rings is 2. The summed E-state index contributed by atoms with van der Waals surface area (Å²) in [5, 5.41) is 10.1. The second-order valence-corrected chi connectivity index (χ2v) is 13.1. The third-order valence-electron chi connectivity index (χ3n) is 7.14. The van der Waals surface area contributed by atoms with Crippen molar-refractivity contribution in [2.24, 2.45) is 5.92 Å². The van der Waals surface area contributed by atoms with Crippen LogP contribution in [0, 0.1) is 5.92 Å². The Hall–Kier alpha value is -1.90. The van der Waals surface area contributed by atoms with E-state index in [1.165, 1.54) is 32.4 Å². The number of phenols is 1. The molecule has 8 heteroatoms. The molecule has 0 aliphatic carbocycles. The summed E-state index contributed by atoms with van der Waals surface area (Å²) < 4.78 is 36.4. The van der Waals surface area contributed by atoms with Gasteiger partial charge in [0, 0.05) is 17.0 Å². The lowest BCUT2D eigenvalue weighted by Crippen LogP contribution is -2.33. The Bertz CT molecular complexity index is 1070. The lowest BCUT2D eigenvalue weighted by Gasteiger charge is -2.31. The van der Waals surface area contributed by atoms with E-state index in [-0.39, 0.29) is 34.5 Å². The van der Waals surface area contributed by atoms with Crippen LogP contribution in [0.5, 0.6) is 17.2 Å². The van der Waals surface area contributed by atoms with Crippen LogP contribution in [0.1, 0.15) is 43.8 Å². The highest BCUT2D eigenvalue weighted by Gasteiger charge is 2.42. The van der Waals surface area contributed by atoms with Gasteiger partial charge in [0.1, 0.15) is 39.8 Å². The second-order valence-electron chi connectivity index (χ2n) is 9.55. The van der Waals surface area contributed by atoms with Crippen LogP contribution in [0.3, 0.4) is 0 Å². The second kappa shape index (κ2) is 10.4. The quantitative estimate of drug-likeness (QED) is 0.588. The minimum absolute atomic E-state index is 0.118. The number of hydrogen-bond donors (Lipinski definition) is 1. The molecule has 3 heterocycles. The van der Waals surface area contributed by atoms with Crippen LogP contribution in [0.25, 0.3) is 0 Å². The molecule has 0 amide bonds. The molecule has 2 unspecified atom stereocenters. The molecule has 2 fully saturated rings. The smallest absolute Gasteiger partial charge is 0.150 e. The van der Waals surface area contributed by atoms with E-state index in [9.17, 15) is 13.5 Å². The maximum atomic E-state index is 12.0. The van der Waals surface area contributed by atoms with Crippen molar-refractivity contribution in [1.82, 2.24) is 4.90 Å². The minimum atomic E-state index is -2.92. The number of fused-ring (bicyclic) bond motifs is 1. The van der Waals surface area contributed by atoms with E-state index in [0.717, 1.165) is 28.5 Å². The summed E-state index contributed by atoms with van der Waals surface area (Å²) in [5.41, 5.74) is 1.06. The zero-order valence-corrected chi connectivity index (χ0v) is 21.0. The number of phenolic OH excluding ortho intramolecular Hbond substituents is 1. The fraction of sp³-hybridized carbons (Fsp3) is 0.538. The molecule has 5 rings (SSSR count). The summed E-state index contributed by atoms with van der Waals surface area (Å²) in [7, 11) is -2.92. The first kappa shape index (κ1) is 23.8. The first-order valence-electron chi connectivity index (χ1n) is 12.3. The number of nitrogens with zero attached hydrogens (tertiary/aromatic N) is 1. The van der Waals surface area contributed by atoms with Gasteiger partial charge in [-0.3, -0.25) is 4.90 Å². The van der Waals surface area contributed by atoms with E-state index in [4.69, 9.17) is 9.47 Å². The zero-order valence-electron chi connectivity index (χ0n) is 19.4. The topological polar surface area (TPSA) is 76.1 Å². The Balaban J connectivity index is 1.24.